The van der Waals surface area contributed by atoms with E-state index < -0.39 is 0 Å². The molecule has 0 heterocycles. The van der Waals surface area contributed by atoms with E-state index in [0.29, 0.717) is 16.0 Å². The summed E-state index contributed by atoms with van der Waals surface area (Å²) in [6, 6.07) is 13.1. The van der Waals surface area contributed by atoms with Crippen LogP contribution in [0.4, 0.5) is 5.69 Å². The summed E-state index contributed by atoms with van der Waals surface area (Å²) >= 11 is 13.4. The molecule has 116 valence electrons. The molecule has 0 atom stereocenters. The van der Waals surface area contributed by atoms with Gasteiger partial charge in [-0.15, -0.1) is 11.8 Å². The van der Waals surface area contributed by atoms with E-state index >= 15 is 0 Å². The molecular weight excluding hydrogens is 337 g/mol. The lowest BCUT2D eigenvalue weighted by molar-refractivity contribution is -0.113. The van der Waals surface area contributed by atoms with Gasteiger partial charge in [0.05, 0.1) is 10.8 Å². The third-order valence-corrected chi connectivity index (χ3v) is 4.85. The van der Waals surface area contributed by atoms with E-state index in [9.17, 15) is 4.79 Å². The fourth-order valence-corrected chi connectivity index (χ4v) is 3.17. The highest BCUT2D eigenvalue weighted by Gasteiger charge is 2.07. The average molecular weight is 354 g/mol. The van der Waals surface area contributed by atoms with Crippen LogP contribution >= 0.6 is 35.0 Å². The third kappa shape index (κ3) is 4.94. The first kappa shape index (κ1) is 17.2. The third-order valence-electron chi connectivity index (χ3n) is 3.11. The summed E-state index contributed by atoms with van der Waals surface area (Å²) in [6.07, 6.45) is 0. The van der Waals surface area contributed by atoms with Crippen molar-refractivity contribution >= 4 is 46.6 Å². The number of halogens is 2. The van der Waals surface area contributed by atoms with E-state index in [1.807, 2.05) is 24.3 Å². The molecule has 22 heavy (non-hydrogen) atoms. The van der Waals surface area contributed by atoms with Gasteiger partial charge in [-0.05, 0) is 41.8 Å². The van der Waals surface area contributed by atoms with Crippen LogP contribution < -0.4 is 5.32 Å². The van der Waals surface area contributed by atoms with Crippen LogP contribution in [0.25, 0.3) is 0 Å². The Bertz CT molecular complexity index is 656. The second-order valence-electron chi connectivity index (χ2n) is 5.19. The predicted molar refractivity (Wildman–Crippen MR) is 96.3 cm³/mol. The van der Waals surface area contributed by atoms with Gasteiger partial charge in [0, 0.05) is 15.6 Å². The molecule has 2 aromatic carbocycles. The molecular formula is C17H17Cl2NOS. The van der Waals surface area contributed by atoms with Crippen molar-refractivity contribution in [2.45, 2.75) is 24.7 Å². The lowest BCUT2D eigenvalue weighted by atomic mass is 10.0. The van der Waals surface area contributed by atoms with E-state index in [0.717, 1.165) is 10.6 Å². The smallest absolute Gasteiger partial charge is 0.234 e. The van der Waals surface area contributed by atoms with Crippen LogP contribution in [0.1, 0.15) is 25.3 Å². The number of rotatable bonds is 5. The molecule has 0 spiro atoms. The van der Waals surface area contributed by atoms with Crippen LogP contribution in [-0.4, -0.2) is 11.7 Å². The predicted octanol–water partition coefficient (Wildman–Crippen LogP) is 5.85. The summed E-state index contributed by atoms with van der Waals surface area (Å²) in [5.74, 6) is 0.690. The Balaban J connectivity index is 1.91. The van der Waals surface area contributed by atoms with Crippen molar-refractivity contribution < 1.29 is 4.79 Å². The molecule has 0 aromatic heterocycles. The van der Waals surface area contributed by atoms with Crippen LogP contribution in [0.5, 0.6) is 0 Å². The minimum Gasteiger partial charge on any atom is -0.325 e. The Hall–Kier alpha value is -1.16. The topological polar surface area (TPSA) is 29.1 Å². The summed E-state index contributed by atoms with van der Waals surface area (Å²) in [5.41, 5.74) is 2.05. The molecule has 1 amide bonds. The minimum atomic E-state index is -0.0710. The zero-order valence-corrected chi connectivity index (χ0v) is 14.7. The maximum Gasteiger partial charge on any atom is 0.234 e. The fraction of sp³-hybridized carbons (Fsp3) is 0.235. The number of carbonyl (C=O) groups is 1. The van der Waals surface area contributed by atoms with Crippen molar-refractivity contribution in [1.82, 2.24) is 0 Å². The normalized spacial score (nSPS) is 10.8. The second-order valence-corrected chi connectivity index (χ2v) is 7.05. The highest BCUT2D eigenvalue weighted by Crippen LogP contribution is 2.29. The lowest BCUT2D eigenvalue weighted by Crippen LogP contribution is -2.14. The standard InChI is InChI=1S/C17H17Cl2NOS/c1-11(2)12-3-6-14(7-4-12)20-17(21)10-22-16-9-13(18)5-8-15(16)19/h3-9,11H,10H2,1-2H3,(H,20,21). The molecule has 0 bridgehead atoms. The molecule has 0 saturated heterocycles. The Labute approximate surface area is 145 Å². The van der Waals surface area contributed by atoms with E-state index in [-0.39, 0.29) is 11.7 Å². The van der Waals surface area contributed by atoms with Gasteiger partial charge in [-0.2, -0.15) is 0 Å². The number of anilines is 1. The molecule has 0 radical (unpaired) electrons. The molecule has 0 aliphatic heterocycles. The quantitative estimate of drug-likeness (QED) is 0.683. The molecule has 5 heteroatoms. The van der Waals surface area contributed by atoms with Gasteiger partial charge in [-0.1, -0.05) is 49.2 Å². The van der Waals surface area contributed by atoms with Gasteiger partial charge >= 0.3 is 0 Å². The van der Waals surface area contributed by atoms with Gasteiger partial charge in [-0.25, -0.2) is 0 Å². The molecule has 0 aliphatic rings. The highest BCUT2D eigenvalue weighted by molar-refractivity contribution is 8.00. The Morgan fingerprint density at radius 2 is 1.82 bits per heavy atom. The zero-order valence-electron chi connectivity index (χ0n) is 12.4. The summed E-state index contributed by atoms with van der Waals surface area (Å²) < 4.78 is 0. The summed E-state index contributed by atoms with van der Waals surface area (Å²) in [5, 5.41) is 4.08. The number of thioether (sulfide) groups is 1. The number of nitrogens with one attached hydrogen (secondary N) is 1. The molecule has 0 saturated carbocycles. The SMILES string of the molecule is CC(C)c1ccc(NC(=O)CSc2cc(Cl)ccc2Cl)cc1. The number of amides is 1. The molecule has 0 fully saturated rings. The lowest BCUT2D eigenvalue weighted by Gasteiger charge is -2.09. The van der Waals surface area contributed by atoms with Crippen LogP contribution in [0.2, 0.25) is 10.0 Å². The highest BCUT2D eigenvalue weighted by atomic mass is 35.5. The summed E-state index contributed by atoms with van der Waals surface area (Å²) in [7, 11) is 0. The maximum atomic E-state index is 12.0. The molecule has 0 unspecified atom stereocenters. The Morgan fingerprint density at radius 3 is 2.45 bits per heavy atom. The summed E-state index contributed by atoms with van der Waals surface area (Å²) in [4.78, 5) is 12.8. The number of carbonyl (C=O) groups excluding carboxylic acids is 1. The van der Waals surface area contributed by atoms with Crippen molar-refractivity contribution in [3.05, 3.63) is 58.1 Å². The van der Waals surface area contributed by atoms with Crippen molar-refractivity contribution in [3.8, 4) is 0 Å². The first-order valence-electron chi connectivity index (χ1n) is 6.93. The van der Waals surface area contributed by atoms with Crippen LogP contribution in [-0.2, 0) is 4.79 Å². The van der Waals surface area contributed by atoms with Gasteiger partial charge in [0.1, 0.15) is 0 Å². The number of hydrogen-bond acceptors (Lipinski definition) is 2. The van der Waals surface area contributed by atoms with Gasteiger partial charge in [0.15, 0.2) is 0 Å². The molecule has 2 aromatic rings. The van der Waals surface area contributed by atoms with E-state index in [1.165, 1.54) is 17.3 Å². The molecule has 0 aliphatic carbocycles. The van der Waals surface area contributed by atoms with Gasteiger partial charge < -0.3 is 5.32 Å². The van der Waals surface area contributed by atoms with Crippen LogP contribution in [0.3, 0.4) is 0 Å². The zero-order chi connectivity index (χ0) is 16.1. The molecule has 1 N–H and O–H groups in total. The first-order valence-corrected chi connectivity index (χ1v) is 8.67. The molecule has 2 rings (SSSR count). The Kier molecular flexibility index (Phi) is 6.18. The van der Waals surface area contributed by atoms with Gasteiger partial charge in [-0.3, -0.25) is 4.79 Å². The first-order chi connectivity index (χ1) is 10.5. The van der Waals surface area contributed by atoms with E-state index in [2.05, 4.69) is 19.2 Å². The van der Waals surface area contributed by atoms with E-state index in [4.69, 9.17) is 23.2 Å². The number of benzene rings is 2. The van der Waals surface area contributed by atoms with Crippen LogP contribution in [0.15, 0.2) is 47.4 Å². The van der Waals surface area contributed by atoms with E-state index in [1.54, 1.807) is 18.2 Å². The van der Waals surface area contributed by atoms with Crippen molar-refractivity contribution in [1.29, 1.82) is 0 Å². The maximum absolute atomic E-state index is 12.0. The monoisotopic (exact) mass is 353 g/mol. The van der Waals surface area contributed by atoms with Crippen molar-refractivity contribution in [3.63, 3.8) is 0 Å². The second kappa shape index (κ2) is 7.91. The Morgan fingerprint density at radius 1 is 1.14 bits per heavy atom. The molecule has 2 nitrogen and oxygen atoms in total. The fourth-order valence-electron chi connectivity index (χ4n) is 1.88. The largest absolute Gasteiger partial charge is 0.325 e. The number of hydrogen-bond donors (Lipinski definition) is 1. The average Bonchev–Trinajstić information content (AvgIpc) is 2.49. The summed E-state index contributed by atoms with van der Waals surface area (Å²) in [6.45, 7) is 4.28. The van der Waals surface area contributed by atoms with Gasteiger partial charge in [0.25, 0.3) is 0 Å². The van der Waals surface area contributed by atoms with Crippen molar-refractivity contribution in [2.24, 2.45) is 0 Å². The minimum absolute atomic E-state index is 0.0710. The van der Waals surface area contributed by atoms with Gasteiger partial charge in [0.2, 0.25) is 5.91 Å². The van der Waals surface area contributed by atoms with Crippen molar-refractivity contribution in [2.75, 3.05) is 11.1 Å². The van der Waals surface area contributed by atoms with Crippen LogP contribution in [0, 0.1) is 0 Å².